The number of fused-ring (bicyclic) bond motifs is 1. The van der Waals surface area contributed by atoms with Gasteiger partial charge in [-0.3, -0.25) is 4.79 Å². The zero-order chi connectivity index (χ0) is 15.7. The summed E-state index contributed by atoms with van der Waals surface area (Å²) in [6.45, 7) is 3.08. The number of carbonyl (C=O) groups is 1. The van der Waals surface area contributed by atoms with E-state index < -0.39 is 6.10 Å². The number of carbonyl (C=O) groups excluding carboxylic acids is 1. The second-order valence-corrected chi connectivity index (χ2v) is 5.67. The van der Waals surface area contributed by atoms with Crippen LogP contribution in [0.2, 0.25) is 0 Å². The maximum Gasteiger partial charge on any atom is 0.221 e. The van der Waals surface area contributed by atoms with E-state index in [4.69, 9.17) is 0 Å². The number of aliphatic hydroxyl groups excluding tert-OH is 1. The Morgan fingerprint density at radius 2 is 2.14 bits per heavy atom. The van der Waals surface area contributed by atoms with Gasteiger partial charge in [0.05, 0.1) is 5.69 Å². The molecule has 0 bridgehead atoms. The van der Waals surface area contributed by atoms with Crippen LogP contribution < -0.4 is 5.32 Å². The van der Waals surface area contributed by atoms with Gasteiger partial charge in [0.2, 0.25) is 5.91 Å². The molecule has 1 unspecified atom stereocenters. The molecule has 2 N–H and O–H groups in total. The molecule has 1 aliphatic rings. The predicted molar refractivity (Wildman–Crippen MR) is 80.5 cm³/mol. The van der Waals surface area contributed by atoms with Gasteiger partial charge in [-0.25, -0.2) is 4.39 Å². The molecular formula is C16H21FN2O2. The lowest BCUT2D eigenvalue weighted by Gasteiger charge is -2.29. The minimum atomic E-state index is -0.822. The number of rotatable bonds is 2. The zero-order valence-electron chi connectivity index (χ0n) is 12.8. The number of halogens is 1. The molecule has 4 nitrogen and oxygen atoms in total. The molecule has 0 heterocycles. The van der Waals surface area contributed by atoms with Crippen molar-refractivity contribution in [3.05, 3.63) is 40.3 Å². The summed E-state index contributed by atoms with van der Waals surface area (Å²) in [6, 6.07) is 1.29. The average molecular weight is 292 g/mol. The second-order valence-electron chi connectivity index (χ2n) is 5.67. The van der Waals surface area contributed by atoms with Gasteiger partial charge in [0.1, 0.15) is 11.9 Å². The van der Waals surface area contributed by atoms with Crippen molar-refractivity contribution in [3.8, 4) is 0 Å². The Morgan fingerprint density at radius 1 is 1.48 bits per heavy atom. The van der Waals surface area contributed by atoms with Gasteiger partial charge in [-0.15, -0.1) is 0 Å². The average Bonchev–Trinajstić information content (AvgIpc) is 2.37. The van der Waals surface area contributed by atoms with Gasteiger partial charge in [0.25, 0.3) is 0 Å². The summed E-state index contributed by atoms with van der Waals surface area (Å²) in [5.41, 5.74) is 3.18. The van der Waals surface area contributed by atoms with Crippen LogP contribution in [0.25, 0.3) is 0 Å². The smallest absolute Gasteiger partial charge is 0.221 e. The fourth-order valence-electron chi connectivity index (χ4n) is 2.81. The van der Waals surface area contributed by atoms with Crippen LogP contribution in [0.15, 0.2) is 17.8 Å². The molecule has 0 aliphatic heterocycles. The third kappa shape index (κ3) is 3.08. The Labute approximate surface area is 124 Å². The lowest BCUT2D eigenvalue weighted by atomic mass is 9.82. The van der Waals surface area contributed by atoms with E-state index >= 15 is 0 Å². The molecular weight excluding hydrogens is 271 g/mol. The van der Waals surface area contributed by atoms with Crippen LogP contribution in [0.5, 0.6) is 0 Å². The standard InChI is InChI=1S/C16H21FN2O2/c1-9-12-6-5-11(8-19(3)4)16(21)15(12)14(7-13(9)17)18-10(2)20/h7-8,16,21H,5-6H2,1-4H3,(H,18,20)/b11-8+. The van der Waals surface area contributed by atoms with Crippen LogP contribution in [-0.2, 0) is 11.2 Å². The molecule has 21 heavy (non-hydrogen) atoms. The summed E-state index contributed by atoms with van der Waals surface area (Å²) in [6.07, 6.45) is 2.39. The van der Waals surface area contributed by atoms with Crippen molar-refractivity contribution in [2.75, 3.05) is 19.4 Å². The van der Waals surface area contributed by atoms with Crippen molar-refractivity contribution in [2.45, 2.75) is 32.8 Å². The van der Waals surface area contributed by atoms with E-state index in [1.165, 1.54) is 13.0 Å². The molecule has 1 atom stereocenters. The molecule has 1 amide bonds. The second kappa shape index (κ2) is 5.85. The molecule has 5 heteroatoms. The molecule has 1 aliphatic carbocycles. The molecule has 0 radical (unpaired) electrons. The molecule has 0 saturated carbocycles. The Hall–Kier alpha value is -1.88. The molecule has 2 rings (SSSR count). The summed E-state index contributed by atoms with van der Waals surface area (Å²) in [5, 5.41) is 13.2. The lowest BCUT2D eigenvalue weighted by molar-refractivity contribution is -0.114. The van der Waals surface area contributed by atoms with E-state index in [-0.39, 0.29) is 11.7 Å². The SMILES string of the molecule is CC(=O)Nc1cc(F)c(C)c2c1C(O)/C(=C/N(C)C)CC2. The number of amides is 1. The molecule has 0 aromatic heterocycles. The number of aliphatic hydroxyl groups is 1. The van der Waals surface area contributed by atoms with Crippen LogP contribution >= 0.6 is 0 Å². The normalized spacial score (nSPS) is 19.3. The number of hydrogen-bond donors (Lipinski definition) is 2. The van der Waals surface area contributed by atoms with Crippen molar-refractivity contribution in [1.82, 2.24) is 4.90 Å². The highest BCUT2D eigenvalue weighted by Gasteiger charge is 2.28. The highest BCUT2D eigenvalue weighted by atomic mass is 19.1. The number of nitrogens with zero attached hydrogens (tertiary/aromatic N) is 1. The third-order valence-corrected chi connectivity index (χ3v) is 3.72. The highest BCUT2D eigenvalue weighted by Crippen LogP contribution is 2.41. The van der Waals surface area contributed by atoms with E-state index in [2.05, 4.69) is 5.32 Å². The predicted octanol–water partition coefficient (Wildman–Crippen LogP) is 2.52. The quantitative estimate of drug-likeness (QED) is 0.880. The summed E-state index contributed by atoms with van der Waals surface area (Å²) >= 11 is 0. The van der Waals surface area contributed by atoms with Gasteiger partial charge in [0.15, 0.2) is 0 Å². The topological polar surface area (TPSA) is 52.6 Å². The summed E-state index contributed by atoms with van der Waals surface area (Å²) in [5.74, 6) is -0.638. The van der Waals surface area contributed by atoms with Crippen molar-refractivity contribution >= 4 is 11.6 Å². The first-order chi connectivity index (χ1) is 9.81. The first-order valence-electron chi connectivity index (χ1n) is 6.95. The van der Waals surface area contributed by atoms with E-state index in [1.54, 1.807) is 6.92 Å². The van der Waals surface area contributed by atoms with E-state index in [0.717, 1.165) is 11.1 Å². The number of hydrogen-bond acceptors (Lipinski definition) is 3. The fraction of sp³-hybridized carbons (Fsp3) is 0.438. The summed E-state index contributed by atoms with van der Waals surface area (Å²) in [7, 11) is 3.78. The molecule has 114 valence electrons. The van der Waals surface area contributed by atoms with Gasteiger partial charge < -0.3 is 15.3 Å². The summed E-state index contributed by atoms with van der Waals surface area (Å²) < 4.78 is 14.0. The Kier molecular flexibility index (Phi) is 4.32. The minimum Gasteiger partial charge on any atom is -0.384 e. The van der Waals surface area contributed by atoms with Crippen LogP contribution in [0.1, 0.15) is 36.1 Å². The largest absolute Gasteiger partial charge is 0.384 e. The molecule has 0 fully saturated rings. The maximum atomic E-state index is 14.0. The van der Waals surface area contributed by atoms with Crippen molar-refractivity contribution in [2.24, 2.45) is 0 Å². The van der Waals surface area contributed by atoms with E-state index in [9.17, 15) is 14.3 Å². The van der Waals surface area contributed by atoms with Gasteiger partial charge in [-0.1, -0.05) is 0 Å². The van der Waals surface area contributed by atoms with E-state index in [0.29, 0.717) is 29.7 Å². The molecule has 1 aromatic carbocycles. The molecule has 1 aromatic rings. The van der Waals surface area contributed by atoms with E-state index in [1.807, 2.05) is 25.2 Å². The van der Waals surface area contributed by atoms with Gasteiger partial charge in [0, 0.05) is 32.8 Å². The molecule has 0 spiro atoms. The van der Waals surface area contributed by atoms with Crippen LogP contribution in [0.3, 0.4) is 0 Å². The number of nitrogens with one attached hydrogen (secondary N) is 1. The molecule has 0 saturated heterocycles. The van der Waals surface area contributed by atoms with Crippen LogP contribution in [0, 0.1) is 12.7 Å². The Balaban J connectivity index is 2.58. The Morgan fingerprint density at radius 3 is 2.71 bits per heavy atom. The lowest BCUT2D eigenvalue weighted by Crippen LogP contribution is -2.20. The summed E-state index contributed by atoms with van der Waals surface area (Å²) in [4.78, 5) is 13.2. The van der Waals surface area contributed by atoms with Crippen molar-refractivity contribution < 1.29 is 14.3 Å². The monoisotopic (exact) mass is 292 g/mol. The number of anilines is 1. The first kappa shape index (κ1) is 15.5. The van der Waals surface area contributed by atoms with Crippen LogP contribution in [-0.4, -0.2) is 30.0 Å². The van der Waals surface area contributed by atoms with Crippen LogP contribution in [0.4, 0.5) is 10.1 Å². The Bertz CT molecular complexity index is 609. The third-order valence-electron chi connectivity index (χ3n) is 3.72. The number of benzene rings is 1. The highest BCUT2D eigenvalue weighted by molar-refractivity contribution is 5.90. The first-order valence-corrected chi connectivity index (χ1v) is 6.95. The van der Waals surface area contributed by atoms with Gasteiger partial charge in [-0.2, -0.15) is 0 Å². The maximum absolute atomic E-state index is 14.0. The van der Waals surface area contributed by atoms with Gasteiger partial charge in [-0.05, 0) is 42.5 Å². The zero-order valence-corrected chi connectivity index (χ0v) is 12.8. The minimum absolute atomic E-state index is 0.281. The van der Waals surface area contributed by atoms with Crippen molar-refractivity contribution in [1.29, 1.82) is 0 Å². The van der Waals surface area contributed by atoms with Crippen molar-refractivity contribution in [3.63, 3.8) is 0 Å². The fourth-order valence-corrected chi connectivity index (χ4v) is 2.81. The van der Waals surface area contributed by atoms with Gasteiger partial charge >= 0.3 is 0 Å².